The minimum Gasteiger partial charge on any atom is -0.469 e. The topological polar surface area (TPSA) is 83.8 Å². The van der Waals surface area contributed by atoms with Crippen LogP contribution in [0.3, 0.4) is 0 Å². The van der Waals surface area contributed by atoms with Crippen LogP contribution in [0.25, 0.3) is 0 Å². The lowest BCUT2D eigenvalue weighted by Crippen LogP contribution is -2.39. The van der Waals surface area contributed by atoms with Crippen molar-refractivity contribution in [2.24, 2.45) is 17.3 Å². The van der Waals surface area contributed by atoms with E-state index in [1.807, 2.05) is 30.4 Å². The average molecular weight is 391 g/mol. The summed E-state index contributed by atoms with van der Waals surface area (Å²) in [6.45, 7) is 3.86. The van der Waals surface area contributed by atoms with Crippen LogP contribution in [-0.4, -0.2) is 41.3 Å². The Kier molecular flexibility index (Phi) is 8.64. The summed E-state index contributed by atoms with van der Waals surface area (Å²) < 4.78 is 4.60. The monoisotopic (exact) mass is 390 g/mol. The molecule has 0 saturated heterocycles. The number of ketones is 1. The van der Waals surface area contributed by atoms with Crippen LogP contribution in [0, 0.1) is 17.3 Å². The van der Waals surface area contributed by atoms with E-state index in [0.717, 1.165) is 32.1 Å². The highest BCUT2D eigenvalue weighted by Gasteiger charge is 2.41. The van der Waals surface area contributed by atoms with Crippen LogP contribution in [0.1, 0.15) is 57.8 Å². The SMILES string of the molecule is C=CC1(C(O)CC=C[C@H]2C(O)CC(=O)[C@@H]2CC=CCCCC(=O)OC)CCC1. The summed E-state index contributed by atoms with van der Waals surface area (Å²) in [5.41, 5.74) is -0.166. The summed E-state index contributed by atoms with van der Waals surface area (Å²) in [6, 6.07) is 0. The zero-order chi connectivity index (χ0) is 20.6. The van der Waals surface area contributed by atoms with E-state index in [0.29, 0.717) is 19.3 Å². The van der Waals surface area contributed by atoms with E-state index in [1.54, 1.807) is 0 Å². The molecule has 2 fully saturated rings. The number of unbranched alkanes of at least 4 members (excludes halogenated alkanes) is 1. The van der Waals surface area contributed by atoms with Crippen molar-refractivity contribution in [2.75, 3.05) is 7.11 Å². The molecule has 2 unspecified atom stereocenters. The number of hydrogen-bond acceptors (Lipinski definition) is 5. The van der Waals surface area contributed by atoms with Crippen molar-refractivity contribution in [3.63, 3.8) is 0 Å². The van der Waals surface area contributed by atoms with Gasteiger partial charge in [-0.1, -0.05) is 36.8 Å². The van der Waals surface area contributed by atoms with Gasteiger partial charge in [-0.15, -0.1) is 6.58 Å². The van der Waals surface area contributed by atoms with E-state index in [-0.39, 0.29) is 35.4 Å². The number of allylic oxidation sites excluding steroid dienone is 2. The Morgan fingerprint density at radius 1 is 1.36 bits per heavy atom. The van der Waals surface area contributed by atoms with Crippen molar-refractivity contribution in [3.05, 3.63) is 37.0 Å². The zero-order valence-corrected chi connectivity index (χ0v) is 16.9. The molecule has 0 amide bonds. The molecule has 0 aromatic rings. The molecule has 0 bridgehead atoms. The fourth-order valence-electron chi connectivity index (χ4n) is 4.21. The summed E-state index contributed by atoms with van der Waals surface area (Å²) in [7, 11) is 1.38. The van der Waals surface area contributed by atoms with Gasteiger partial charge < -0.3 is 14.9 Å². The molecule has 2 aliphatic carbocycles. The fraction of sp³-hybridized carbons (Fsp3) is 0.652. The number of rotatable bonds is 11. The number of aliphatic hydroxyl groups is 2. The van der Waals surface area contributed by atoms with Crippen molar-refractivity contribution < 1.29 is 24.5 Å². The highest BCUT2D eigenvalue weighted by atomic mass is 16.5. The van der Waals surface area contributed by atoms with Gasteiger partial charge in [-0.3, -0.25) is 9.59 Å². The van der Waals surface area contributed by atoms with Crippen LogP contribution in [0.5, 0.6) is 0 Å². The van der Waals surface area contributed by atoms with Crippen molar-refractivity contribution in [2.45, 2.75) is 70.0 Å². The minimum absolute atomic E-state index is 0.0865. The number of hydrogen-bond donors (Lipinski definition) is 2. The Morgan fingerprint density at radius 2 is 2.11 bits per heavy atom. The first-order valence-corrected chi connectivity index (χ1v) is 10.3. The molecule has 4 atom stereocenters. The summed E-state index contributed by atoms with van der Waals surface area (Å²) in [5.74, 6) is -0.559. The largest absolute Gasteiger partial charge is 0.469 e. The molecule has 28 heavy (non-hydrogen) atoms. The fourth-order valence-corrected chi connectivity index (χ4v) is 4.21. The Balaban J connectivity index is 1.83. The molecule has 0 radical (unpaired) electrons. The van der Waals surface area contributed by atoms with Gasteiger partial charge in [0.05, 0.1) is 19.3 Å². The highest BCUT2D eigenvalue weighted by molar-refractivity contribution is 5.84. The molecule has 0 aliphatic heterocycles. The number of carbonyl (C=O) groups is 2. The zero-order valence-electron chi connectivity index (χ0n) is 16.9. The van der Waals surface area contributed by atoms with E-state index in [9.17, 15) is 19.8 Å². The second-order valence-corrected chi connectivity index (χ2v) is 8.07. The van der Waals surface area contributed by atoms with Gasteiger partial charge in [-0.25, -0.2) is 0 Å². The number of carbonyl (C=O) groups excluding carboxylic acids is 2. The van der Waals surface area contributed by atoms with Crippen molar-refractivity contribution >= 4 is 11.8 Å². The summed E-state index contributed by atoms with van der Waals surface area (Å²) in [5, 5.41) is 20.7. The minimum atomic E-state index is -0.657. The van der Waals surface area contributed by atoms with Crippen LogP contribution >= 0.6 is 0 Å². The number of ether oxygens (including phenoxy) is 1. The van der Waals surface area contributed by atoms with Crippen molar-refractivity contribution in [3.8, 4) is 0 Å². The second kappa shape index (κ2) is 10.7. The van der Waals surface area contributed by atoms with E-state index < -0.39 is 12.2 Å². The van der Waals surface area contributed by atoms with Crippen LogP contribution in [0.4, 0.5) is 0 Å². The molecule has 5 heteroatoms. The summed E-state index contributed by atoms with van der Waals surface area (Å²) in [4.78, 5) is 23.3. The van der Waals surface area contributed by atoms with Crippen LogP contribution in [0.15, 0.2) is 37.0 Å². The first-order chi connectivity index (χ1) is 13.4. The Labute approximate surface area is 168 Å². The van der Waals surface area contributed by atoms with Gasteiger partial charge >= 0.3 is 5.97 Å². The van der Waals surface area contributed by atoms with E-state index in [1.165, 1.54) is 7.11 Å². The van der Waals surface area contributed by atoms with Gasteiger partial charge in [-0.05, 0) is 38.5 Å². The van der Waals surface area contributed by atoms with E-state index >= 15 is 0 Å². The third-order valence-electron chi connectivity index (χ3n) is 6.34. The van der Waals surface area contributed by atoms with Crippen molar-refractivity contribution in [1.82, 2.24) is 0 Å². The molecular weight excluding hydrogens is 356 g/mol. The van der Waals surface area contributed by atoms with Gasteiger partial charge in [0.1, 0.15) is 5.78 Å². The molecule has 2 saturated carbocycles. The van der Waals surface area contributed by atoms with Gasteiger partial charge in [-0.2, -0.15) is 0 Å². The van der Waals surface area contributed by atoms with Crippen LogP contribution < -0.4 is 0 Å². The predicted octanol–water partition coefficient (Wildman–Crippen LogP) is 3.51. The lowest BCUT2D eigenvalue weighted by Gasteiger charge is -2.43. The molecular formula is C23H34O5. The Bertz CT molecular complexity index is 602. The van der Waals surface area contributed by atoms with E-state index in [4.69, 9.17) is 0 Å². The maximum absolute atomic E-state index is 12.2. The summed E-state index contributed by atoms with van der Waals surface area (Å²) >= 11 is 0. The average Bonchev–Trinajstić information content (AvgIpc) is 2.90. The standard InChI is InChI=1S/C23H34O5/c1-3-23(14-9-15-23)21(26)12-8-11-18-17(19(24)16-20(18)25)10-6-4-5-7-13-22(27)28-2/h3-4,6,8,11,17-18,20-21,25-26H,1,5,7,9-10,12-16H2,2H3/t17-,18-,20?,21?/m1/s1. The number of Topliss-reactive ketones (excluding diaryl/α,β-unsaturated/α-hetero) is 1. The molecule has 0 spiro atoms. The number of aliphatic hydroxyl groups excluding tert-OH is 2. The maximum Gasteiger partial charge on any atom is 0.305 e. The lowest BCUT2D eigenvalue weighted by molar-refractivity contribution is -0.140. The molecule has 0 aromatic heterocycles. The first kappa shape index (κ1) is 22.6. The summed E-state index contributed by atoms with van der Waals surface area (Å²) in [6.07, 6.45) is 14.7. The normalized spacial score (nSPS) is 27.8. The van der Waals surface area contributed by atoms with E-state index in [2.05, 4.69) is 11.3 Å². The quantitative estimate of drug-likeness (QED) is 0.320. The van der Waals surface area contributed by atoms with Gasteiger partial charge in [0.25, 0.3) is 0 Å². The predicted molar refractivity (Wildman–Crippen MR) is 108 cm³/mol. The van der Waals surface area contributed by atoms with Gasteiger partial charge in [0.15, 0.2) is 0 Å². The Hall–Kier alpha value is -1.72. The molecule has 5 nitrogen and oxygen atoms in total. The number of methoxy groups -OCH3 is 1. The molecule has 156 valence electrons. The first-order valence-electron chi connectivity index (χ1n) is 10.3. The van der Waals surface area contributed by atoms with Crippen LogP contribution in [-0.2, 0) is 14.3 Å². The lowest BCUT2D eigenvalue weighted by atomic mass is 9.64. The Morgan fingerprint density at radius 3 is 2.71 bits per heavy atom. The highest BCUT2D eigenvalue weighted by Crippen LogP contribution is 2.46. The second-order valence-electron chi connectivity index (χ2n) is 8.07. The smallest absolute Gasteiger partial charge is 0.305 e. The van der Waals surface area contributed by atoms with Gasteiger partial charge in [0, 0.05) is 30.1 Å². The van der Waals surface area contributed by atoms with Gasteiger partial charge in [0.2, 0.25) is 0 Å². The molecule has 2 N–H and O–H groups in total. The molecule has 2 rings (SSSR count). The number of esters is 1. The van der Waals surface area contributed by atoms with Crippen LogP contribution in [0.2, 0.25) is 0 Å². The van der Waals surface area contributed by atoms with Crippen molar-refractivity contribution in [1.29, 1.82) is 0 Å². The molecule has 0 aromatic carbocycles. The third kappa shape index (κ3) is 5.65. The molecule has 0 heterocycles. The maximum atomic E-state index is 12.2. The molecule has 2 aliphatic rings. The third-order valence-corrected chi connectivity index (χ3v) is 6.34.